The van der Waals surface area contributed by atoms with Crippen LogP contribution in [0.15, 0.2) is 24.3 Å². The largest absolute Gasteiger partial charge is 0.373 e. The van der Waals surface area contributed by atoms with Gasteiger partial charge in [-0.1, -0.05) is 18.2 Å². The monoisotopic (exact) mass is 294 g/mol. The maximum absolute atomic E-state index is 12.2. The fourth-order valence-corrected chi connectivity index (χ4v) is 4.52. The Balaban J connectivity index is 1.62. The minimum Gasteiger partial charge on any atom is -0.373 e. The second-order valence-electron chi connectivity index (χ2n) is 5.50. The van der Waals surface area contributed by atoms with E-state index in [0.29, 0.717) is 6.42 Å². The Morgan fingerprint density at radius 1 is 1.25 bits per heavy atom. The van der Waals surface area contributed by atoms with Crippen molar-refractivity contribution >= 4 is 21.4 Å². The van der Waals surface area contributed by atoms with Crippen LogP contribution in [0, 0.1) is 0 Å². The third-order valence-corrected chi connectivity index (χ3v) is 5.71. The second-order valence-corrected chi connectivity index (χ2v) is 7.73. The van der Waals surface area contributed by atoms with E-state index in [1.165, 1.54) is 5.56 Å². The Bertz CT molecular complexity index is 627. The van der Waals surface area contributed by atoms with Crippen LogP contribution < -0.4 is 10.6 Å². The number of sulfone groups is 1. The van der Waals surface area contributed by atoms with Crippen molar-refractivity contribution in [3.63, 3.8) is 0 Å². The molecule has 2 heterocycles. The quantitative estimate of drug-likeness (QED) is 0.842. The van der Waals surface area contributed by atoms with Crippen molar-refractivity contribution < 1.29 is 13.2 Å². The van der Waals surface area contributed by atoms with Crippen LogP contribution in [-0.4, -0.2) is 37.9 Å². The van der Waals surface area contributed by atoms with E-state index in [-0.39, 0.29) is 29.5 Å². The fourth-order valence-electron chi connectivity index (χ4n) is 2.85. The first kappa shape index (κ1) is 13.4. The van der Waals surface area contributed by atoms with E-state index in [1.54, 1.807) is 0 Å². The molecule has 1 aromatic rings. The molecule has 0 radical (unpaired) electrons. The number of anilines is 1. The molecule has 1 aromatic carbocycles. The predicted octanol–water partition coefficient (Wildman–Crippen LogP) is 0.717. The molecule has 3 rings (SSSR count). The summed E-state index contributed by atoms with van der Waals surface area (Å²) in [7, 11) is -2.96. The predicted molar refractivity (Wildman–Crippen MR) is 77.4 cm³/mol. The minimum absolute atomic E-state index is 0.0715. The van der Waals surface area contributed by atoms with Crippen LogP contribution >= 0.6 is 0 Å². The molecule has 2 unspecified atom stereocenters. The Hall–Kier alpha value is -1.56. The number of aryl methyl sites for hydroxylation is 1. The number of nitrogens with one attached hydrogen (secondary N) is 2. The number of hydrogen-bond acceptors (Lipinski definition) is 4. The normalized spacial score (nSPS) is 27.4. The Morgan fingerprint density at radius 3 is 2.80 bits per heavy atom. The van der Waals surface area contributed by atoms with Gasteiger partial charge in [-0.3, -0.25) is 4.79 Å². The summed E-state index contributed by atoms with van der Waals surface area (Å²) in [5, 5.41) is 6.08. The number of rotatable bonds is 2. The lowest BCUT2D eigenvalue weighted by Gasteiger charge is -2.27. The number of carbonyl (C=O) groups is 1. The molecule has 5 nitrogen and oxygen atoms in total. The number of fused-ring (bicyclic) bond motifs is 1. The van der Waals surface area contributed by atoms with E-state index in [2.05, 4.69) is 16.7 Å². The molecular weight excluding hydrogens is 276 g/mol. The molecule has 0 aliphatic carbocycles. The van der Waals surface area contributed by atoms with Crippen LogP contribution in [0.5, 0.6) is 0 Å². The van der Waals surface area contributed by atoms with Gasteiger partial charge < -0.3 is 10.6 Å². The van der Waals surface area contributed by atoms with Gasteiger partial charge in [0.2, 0.25) is 5.91 Å². The molecule has 6 heteroatoms. The zero-order chi connectivity index (χ0) is 14.2. The lowest BCUT2D eigenvalue weighted by molar-refractivity contribution is -0.122. The van der Waals surface area contributed by atoms with Crippen molar-refractivity contribution in [1.29, 1.82) is 0 Å². The number of carbonyl (C=O) groups excluding carboxylic acids is 1. The molecule has 2 atom stereocenters. The zero-order valence-corrected chi connectivity index (χ0v) is 11.9. The van der Waals surface area contributed by atoms with Gasteiger partial charge in [-0.05, 0) is 30.9 Å². The molecule has 1 saturated heterocycles. The number of benzene rings is 1. The maximum Gasteiger partial charge on any atom is 0.242 e. The molecule has 0 saturated carbocycles. The van der Waals surface area contributed by atoms with E-state index in [4.69, 9.17) is 0 Å². The summed E-state index contributed by atoms with van der Waals surface area (Å²) in [6, 6.07) is 7.45. The lowest BCUT2D eigenvalue weighted by Crippen LogP contribution is -2.46. The Labute approximate surface area is 118 Å². The van der Waals surface area contributed by atoms with Crippen molar-refractivity contribution in [3.05, 3.63) is 29.8 Å². The third kappa shape index (κ3) is 2.80. The summed E-state index contributed by atoms with van der Waals surface area (Å²) in [6.07, 6.45) is 2.13. The van der Waals surface area contributed by atoms with E-state index < -0.39 is 9.84 Å². The highest BCUT2D eigenvalue weighted by Gasteiger charge is 2.31. The van der Waals surface area contributed by atoms with Crippen LogP contribution in [0.2, 0.25) is 0 Å². The highest BCUT2D eigenvalue weighted by atomic mass is 32.2. The van der Waals surface area contributed by atoms with Gasteiger partial charge in [0.15, 0.2) is 9.84 Å². The van der Waals surface area contributed by atoms with E-state index >= 15 is 0 Å². The zero-order valence-electron chi connectivity index (χ0n) is 11.1. The maximum atomic E-state index is 12.2. The highest BCUT2D eigenvalue weighted by molar-refractivity contribution is 7.91. The second kappa shape index (κ2) is 5.09. The highest BCUT2D eigenvalue weighted by Crippen LogP contribution is 2.24. The average Bonchev–Trinajstić information content (AvgIpc) is 2.77. The van der Waals surface area contributed by atoms with E-state index in [1.807, 2.05) is 18.2 Å². The van der Waals surface area contributed by atoms with Crippen LogP contribution in [0.3, 0.4) is 0 Å². The van der Waals surface area contributed by atoms with Gasteiger partial charge in [-0.25, -0.2) is 8.42 Å². The molecule has 2 aliphatic heterocycles. The number of para-hydroxylation sites is 1. The minimum atomic E-state index is -2.96. The number of amides is 1. The van der Waals surface area contributed by atoms with E-state index in [9.17, 15) is 13.2 Å². The first-order chi connectivity index (χ1) is 9.53. The summed E-state index contributed by atoms with van der Waals surface area (Å²) >= 11 is 0. The molecule has 20 heavy (non-hydrogen) atoms. The summed E-state index contributed by atoms with van der Waals surface area (Å²) in [6.45, 7) is 0. The molecule has 2 aliphatic rings. The summed E-state index contributed by atoms with van der Waals surface area (Å²) in [5.41, 5.74) is 2.22. The van der Waals surface area contributed by atoms with Gasteiger partial charge in [-0.15, -0.1) is 0 Å². The molecule has 0 bridgehead atoms. The smallest absolute Gasteiger partial charge is 0.242 e. The topological polar surface area (TPSA) is 75.3 Å². The molecule has 0 aromatic heterocycles. The first-order valence-corrected chi connectivity index (χ1v) is 8.71. The SMILES string of the molecule is O=C(NC1CCS(=O)(=O)C1)C1CCc2ccccc2N1. The van der Waals surface area contributed by atoms with Crippen molar-refractivity contribution in [1.82, 2.24) is 5.32 Å². The van der Waals surface area contributed by atoms with Crippen LogP contribution in [-0.2, 0) is 21.1 Å². The van der Waals surface area contributed by atoms with Gasteiger partial charge in [0, 0.05) is 11.7 Å². The molecule has 2 N–H and O–H groups in total. The molecule has 0 spiro atoms. The lowest BCUT2D eigenvalue weighted by atomic mass is 9.97. The standard InChI is InChI=1S/C14H18N2O3S/c17-14(15-11-7-8-20(18,19)9-11)13-6-5-10-3-1-2-4-12(10)16-13/h1-4,11,13,16H,5-9H2,(H,15,17). The van der Waals surface area contributed by atoms with Crippen molar-refractivity contribution in [3.8, 4) is 0 Å². The van der Waals surface area contributed by atoms with E-state index in [0.717, 1.165) is 18.5 Å². The molecular formula is C14H18N2O3S. The van der Waals surface area contributed by atoms with Crippen molar-refractivity contribution in [2.24, 2.45) is 0 Å². The van der Waals surface area contributed by atoms with Gasteiger partial charge in [0.1, 0.15) is 6.04 Å². The Kier molecular flexibility index (Phi) is 3.41. The average molecular weight is 294 g/mol. The summed E-state index contributed by atoms with van der Waals surface area (Å²) < 4.78 is 22.8. The molecule has 108 valence electrons. The molecule has 1 amide bonds. The summed E-state index contributed by atoms with van der Waals surface area (Å²) in [4.78, 5) is 12.2. The van der Waals surface area contributed by atoms with Crippen LogP contribution in [0.25, 0.3) is 0 Å². The van der Waals surface area contributed by atoms with Crippen LogP contribution in [0.4, 0.5) is 5.69 Å². The van der Waals surface area contributed by atoms with Gasteiger partial charge >= 0.3 is 0 Å². The van der Waals surface area contributed by atoms with Crippen molar-refractivity contribution in [2.75, 3.05) is 16.8 Å². The Morgan fingerprint density at radius 2 is 2.05 bits per heavy atom. The van der Waals surface area contributed by atoms with Gasteiger partial charge in [0.05, 0.1) is 11.5 Å². The first-order valence-electron chi connectivity index (χ1n) is 6.89. The fraction of sp³-hybridized carbons (Fsp3) is 0.500. The van der Waals surface area contributed by atoms with Gasteiger partial charge in [0.25, 0.3) is 0 Å². The molecule has 1 fully saturated rings. The number of hydrogen-bond donors (Lipinski definition) is 2. The van der Waals surface area contributed by atoms with Crippen molar-refractivity contribution in [2.45, 2.75) is 31.3 Å². The third-order valence-electron chi connectivity index (χ3n) is 3.94. The van der Waals surface area contributed by atoms with Crippen LogP contribution in [0.1, 0.15) is 18.4 Å². The van der Waals surface area contributed by atoms with Gasteiger partial charge in [-0.2, -0.15) is 0 Å². The summed E-state index contributed by atoms with van der Waals surface area (Å²) in [5.74, 6) is 0.155.